The molecule has 0 aromatic rings. The van der Waals surface area contributed by atoms with E-state index in [2.05, 4.69) is 33.9 Å². The molecule has 0 aromatic carbocycles. The van der Waals surface area contributed by atoms with Gasteiger partial charge in [0.2, 0.25) is 0 Å². The Hall–Kier alpha value is -0.260. The smallest absolute Gasteiger partial charge is 0.0445 e. The maximum atomic E-state index is 3.00. The van der Waals surface area contributed by atoms with Gasteiger partial charge in [0.05, 0.1) is 0 Å². The fourth-order valence-corrected chi connectivity index (χ4v) is 1.12. The van der Waals surface area contributed by atoms with E-state index in [9.17, 15) is 0 Å². The maximum absolute atomic E-state index is 3.00. The van der Waals surface area contributed by atoms with Crippen LogP contribution in [0.5, 0.6) is 0 Å². The van der Waals surface area contributed by atoms with E-state index >= 15 is 0 Å². The second kappa shape index (κ2) is 54.3. The van der Waals surface area contributed by atoms with Gasteiger partial charge in [-0.1, -0.05) is 101 Å². The zero-order valence-corrected chi connectivity index (χ0v) is 15.2. The summed E-state index contributed by atoms with van der Waals surface area (Å²) in [7, 11) is 0. The molecule has 0 saturated heterocycles. The second-order valence-electron chi connectivity index (χ2n) is 3.36. The molecule has 0 bridgehead atoms. The molecule has 0 heteroatoms. The first-order chi connectivity index (χ1) is 8.81. The first-order valence-corrected chi connectivity index (χ1v) is 8.31. The van der Waals surface area contributed by atoms with Crippen molar-refractivity contribution in [3.8, 4) is 0 Å². The Bertz CT molecular complexity index is 66.4. The first-order valence-electron chi connectivity index (χ1n) is 8.31. The standard InChI is InChI=1S/C10H22.3C2H6.C2H4/c1-4-6-7-8-9-10(3)5-2;4*1-2/h10H,4-9H2,1-3H3;3*1-2H3;1-2H2. The lowest BCUT2D eigenvalue weighted by Crippen LogP contribution is -1.91. The number of hydrogen-bond acceptors (Lipinski definition) is 0. The Balaban J connectivity index is -0.0000000596. The minimum absolute atomic E-state index is 0.955. The predicted molar refractivity (Wildman–Crippen MR) is 93.5 cm³/mol. The monoisotopic (exact) mass is 260 g/mol. The minimum Gasteiger partial charge on any atom is -0.106 e. The second-order valence-corrected chi connectivity index (χ2v) is 3.36. The van der Waals surface area contributed by atoms with Crippen molar-refractivity contribution in [3.63, 3.8) is 0 Å². The number of hydrogen-bond donors (Lipinski definition) is 0. The zero-order chi connectivity index (χ0) is 15.8. The Labute approximate surface area is 120 Å². The Morgan fingerprint density at radius 1 is 0.722 bits per heavy atom. The highest BCUT2D eigenvalue weighted by Gasteiger charge is 1.96. The lowest BCUT2D eigenvalue weighted by Gasteiger charge is -2.06. The average molecular weight is 261 g/mol. The normalized spacial score (nSPS) is 8.72. The highest BCUT2D eigenvalue weighted by molar-refractivity contribution is 4.50. The molecular formula is C18H44. The summed E-state index contributed by atoms with van der Waals surface area (Å²) in [5.74, 6) is 0.955. The Morgan fingerprint density at radius 2 is 1.11 bits per heavy atom. The van der Waals surface area contributed by atoms with Crippen LogP contribution in [0.1, 0.15) is 101 Å². The molecule has 0 amide bonds. The summed E-state index contributed by atoms with van der Waals surface area (Å²) in [6, 6.07) is 0. The molecule has 0 heterocycles. The lowest BCUT2D eigenvalue weighted by atomic mass is 10.0. The van der Waals surface area contributed by atoms with E-state index in [1.165, 1.54) is 38.5 Å². The van der Waals surface area contributed by atoms with E-state index in [4.69, 9.17) is 0 Å². The van der Waals surface area contributed by atoms with Crippen LogP contribution in [0.2, 0.25) is 0 Å². The third kappa shape index (κ3) is 57.1. The highest BCUT2D eigenvalue weighted by Crippen LogP contribution is 2.12. The van der Waals surface area contributed by atoms with Crippen molar-refractivity contribution in [1.82, 2.24) is 0 Å². The third-order valence-corrected chi connectivity index (χ3v) is 2.25. The molecule has 1 unspecified atom stereocenters. The van der Waals surface area contributed by atoms with Crippen LogP contribution in [0.25, 0.3) is 0 Å². The zero-order valence-electron chi connectivity index (χ0n) is 15.2. The van der Waals surface area contributed by atoms with Crippen LogP contribution in [-0.4, -0.2) is 0 Å². The summed E-state index contributed by atoms with van der Waals surface area (Å²) in [4.78, 5) is 0. The van der Waals surface area contributed by atoms with Crippen LogP contribution in [0.3, 0.4) is 0 Å². The van der Waals surface area contributed by atoms with Crippen molar-refractivity contribution < 1.29 is 0 Å². The van der Waals surface area contributed by atoms with Gasteiger partial charge in [0.15, 0.2) is 0 Å². The topological polar surface area (TPSA) is 0 Å². The fraction of sp³-hybridized carbons (Fsp3) is 0.889. The van der Waals surface area contributed by atoms with E-state index in [1.807, 2.05) is 41.5 Å². The summed E-state index contributed by atoms with van der Waals surface area (Å²) in [5, 5.41) is 0. The van der Waals surface area contributed by atoms with Gasteiger partial charge in [-0.3, -0.25) is 0 Å². The largest absolute Gasteiger partial charge is 0.106 e. The van der Waals surface area contributed by atoms with Crippen molar-refractivity contribution >= 4 is 0 Å². The summed E-state index contributed by atoms with van der Waals surface area (Å²) in [6.07, 6.45) is 8.48. The molecule has 0 fully saturated rings. The van der Waals surface area contributed by atoms with Crippen LogP contribution in [0, 0.1) is 5.92 Å². The molecule has 0 nitrogen and oxygen atoms in total. The molecule has 0 aliphatic heterocycles. The quantitative estimate of drug-likeness (QED) is 0.336. The van der Waals surface area contributed by atoms with Crippen molar-refractivity contribution in [3.05, 3.63) is 13.2 Å². The van der Waals surface area contributed by atoms with Crippen LogP contribution in [0.15, 0.2) is 13.2 Å². The van der Waals surface area contributed by atoms with Crippen LogP contribution >= 0.6 is 0 Å². The average Bonchev–Trinajstić information content (AvgIpc) is 2.51. The molecule has 0 radical (unpaired) electrons. The van der Waals surface area contributed by atoms with E-state index in [-0.39, 0.29) is 0 Å². The molecule has 18 heavy (non-hydrogen) atoms. The van der Waals surface area contributed by atoms with E-state index in [0.717, 1.165) is 5.92 Å². The Morgan fingerprint density at radius 3 is 1.39 bits per heavy atom. The van der Waals surface area contributed by atoms with Crippen molar-refractivity contribution in [2.75, 3.05) is 0 Å². The van der Waals surface area contributed by atoms with Crippen molar-refractivity contribution in [2.24, 2.45) is 5.92 Å². The van der Waals surface area contributed by atoms with Crippen LogP contribution in [-0.2, 0) is 0 Å². The lowest BCUT2D eigenvalue weighted by molar-refractivity contribution is 0.477. The van der Waals surface area contributed by atoms with Crippen LogP contribution in [0.4, 0.5) is 0 Å². The van der Waals surface area contributed by atoms with Crippen molar-refractivity contribution in [2.45, 2.75) is 101 Å². The van der Waals surface area contributed by atoms with Gasteiger partial charge in [-0.05, 0) is 5.92 Å². The summed E-state index contributed by atoms with van der Waals surface area (Å²) >= 11 is 0. The molecule has 0 spiro atoms. The maximum Gasteiger partial charge on any atom is -0.0445 e. The molecule has 0 saturated carbocycles. The van der Waals surface area contributed by atoms with Gasteiger partial charge in [0, 0.05) is 0 Å². The van der Waals surface area contributed by atoms with E-state index < -0.39 is 0 Å². The van der Waals surface area contributed by atoms with Gasteiger partial charge in [-0.15, -0.1) is 13.2 Å². The van der Waals surface area contributed by atoms with Crippen LogP contribution < -0.4 is 0 Å². The van der Waals surface area contributed by atoms with Gasteiger partial charge >= 0.3 is 0 Å². The molecule has 0 aliphatic rings. The van der Waals surface area contributed by atoms with Gasteiger partial charge in [0.25, 0.3) is 0 Å². The summed E-state index contributed by atoms with van der Waals surface area (Å²) in [6.45, 7) is 24.9. The SMILES string of the molecule is C=C.CC.CC.CC.CCCCCCC(C)CC. The van der Waals surface area contributed by atoms with Crippen molar-refractivity contribution in [1.29, 1.82) is 0 Å². The molecule has 0 N–H and O–H groups in total. The Kier molecular flexibility index (Phi) is 92.4. The molecule has 1 atom stereocenters. The fourth-order valence-electron chi connectivity index (χ4n) is 1.12. The third-order valence-electron chi connectivity index (χ3n) is 2.25. The predicted octanol–water partition coefficient (Wildman–Crippen LogP) is 7.88. The molecular weight excluding hydrogens is 216 g/mol. The molecule has 0 rings (SSSR count). The van der Waals surface area contributed by atoms with E-state index in [0.29, 0.717) is 0 Å². The first kappa shape index (κ1) is 30.6. The number of unbranched alkanes of at least 4 members (excludes halogenated alkanes) is 3. The molecule has 0 aliphatic carbocycles. The van der Waals surface area contributed by atoms with E-state index in [1.54, 1.807) is 0 Å². The molecule has 0 aromatic heterocycles. The summed E-state index contributed by atoms with van der Waals surface area (Å²) < 4.78 is 0. The highest BCUT2D eigenvalue weighted by atomic mass is 14.0. The summed E-state index contributed by atoms with van der Waals surface area (Å²) in [5.41, 5.74) is 0. The molecule has 116 valence electrons. The minimum atomic E-state index is 0.955. The van der Waals surface area contributed by atoms with Gasteiger partial charge in [0.1, 0.15) is 0 Å². The number of rotatable bonds is 6. The van der Waals surface area contributed by atoms with Gasteiger partial charge in [-0.2, -0.15) is 0 Å². The van der Waals surface area contributed by atoms with Gasteiger partial charge in [-0.25, -0.2) is 0 Å². The van der Waals surface area contributed by atoms with Gasteiger partial charge < -0.3 is 0 Å².